The van der Waals surface area contributed by atoms with Crippen LogP contribution in [0.5, 0.6) is 0 Å². The van der Waals surface area contributed by atoms with E-state index >= 15 is 0 Å². The molecule has 0 radical (unpaired) electrons. The average molecular weight is 268 g/mol. The molecule has 0 amide bonds. The Labute approximate surface area is 117 Å². The van der Waals surface area contributed by atoms with Crippen LogP contribution in [0.3, 0.4) is 0 Å². The number of aromatic carboxylic acids is 1. The molecule has 1 unspecified atom stereocenters. The highest BCUT2D eigenvalue weighted by atomic mass is 16.4. The van der Waals surface area contributed by atoms with Crippen molar-refractivity contribution in [2.24, 2.45) is 0 Å². The fourth-order valence-corrected chi connectivity index (χ4v) is 2.51. The van der Waals surface area contributed by atoms with Crippen molar-refractivity contribution in [1.82, 2.24) is 4.98 Å². The summed E-state index contributed by atoms with van der Waals surface area (Å²) >= 11 is 0. The van der Waals surface area contributed by atoms with Crippen molar-refractivity contribution in [2.45, 2.75) is 25.3 Å². The van der Waals surface area contributed by atoms with Crippen molar-refractivity contribution in [3.05, 3.63) is 48.0 Å². The molecule has 1 heterocycles. The molecule has 0 fully saturated rings. The maximum absolute atomic E-state index is 11.4. The van der Waals surface area contributed by atoms with Gasteiger partial charge in [0.15, 0.2) is 0 Å². The van der Waals surface area contributed by atoms with Gasteiger partial charge in [-0.3, -0.25) is 0 Å². The number of nitrogens with one attached hydrogen (secondary N) is 1. The van der Waals surface area contributed by atoms with Crippen LogP contribution in [0.15, 0.2) is 42.5 Å². The molecule has 4 heteroatoms. The summed E-state index contributed by atoms with van der Waals surface area (Å²) in [6.45, 7) is 0. The topological polar surface area (TPSA) is 62.2 Å². The first-order chi connectivity index (χ1) is 9.74. The maximum atomic E-state index is 11.4. The summed E-state index contributed by atoms with van der Waals surface area (Å²) in [5, 5.41) is 13.5. The minimum atomic E-state index is -0.947. The number of hydrogen-bond donors (Lipinski definition) is 2. The molecule has 1 aliphatic rings. The van der Waals surface area contributed by atoms with Gasteiger partial charge in [-0.15, -0.1) is 0 Å². The highest BCUT2D eigenvalue weighted by Gasteiger charge is 2.17. The Hall–Kier alpha value is -2.36. The molecule has 1 aliphatic carbocycles. The summed E-state index contributed by atoms with van der Waals surface area (Å²) in [6.07, 6.45) is 7.22. The van der Waals surface area contributed by atoms with Gasteiger partial charge in [-0.1, -0.05) is 30.4 Å². The quantitative estimate of drug-likeness (QED) is 0.837. The normalized spacial score (nSPS) is 18.1. The van der Waals surface area contributed by atoms with Gasteiger partial charge in [0.1, 0.15) is 11.4 Å². The molecule has 4 nitrogen and oxygen atoms in total. The molecular formula is C16H16N2O2. The second-order valence-corrected chi connectivity index (χ2v) is 5.01. The van der Waals surface area contributed by atoms with E-state index in [2.05, 4.69) is 22.5 Å². The Morgan fingerprint density at radius 3 is 2.90 bits per heavy atom. The van der Waals surface area contributed by atoms with Crippen molar-refractivity contribution in [3.63, 3.8) is 0 Å². The van der Waals surface area contributed by atoms with Crippen LogP contribution in [0.25, 0.3) is 10.9 Å². The van der Waals surface area contributed by atoms with Gasteiger partial charge in [0, 0.05) is 11.4 Å². The Balaban J connectivity index is 2.00. The van der Waals surface area contributed by atoms with Gasteiger partial charge in [-0.2, -0.15) is 0 Å². The fourth-order valence-electron chi connectivity index (χ4n) is 2.51. The summed E-state index contributed by atoms with van der Waals surface area (Å²) in [5.41, 5.74) is 1.05. The molecule has 0 saturated carbocycles. The molecule has 1 aromatic heterocycles. The number of benzene rings is 1. The second kappa shape index (κ2) is 5.33. The molecular weight excluding hydrogens is 252 g/mol. The smallest absolute Gasteiger partial charge is 0.339 e. The number of hydrogen-bond acceptors (Lipinski definition) is 3. The lowest BCUT2D eigenvalue weighted by molar-refractivity contribution is 0.0697. The molecule has 102 valence electrons. The highest BCUT2D eigenvalue weighted by molar-refractivity contribution is 5.98. The zero-order chi connectivity index (χ0) is 13.9. The third-order valence-electron chi connectivity index (χ3n) is 3.56. The molecule has 1 atom stereocenters. The minimum Gasteiger partial charge on any atom is -0.478 e. The molecule has 2 N–H and O–H groups in total. The number of carboxylic acids is 1. The lowest BCUT2D eigenvalue weighted by Gasteiger charge is -2.21. The van der Waals surface area contributed by atoms with E-state index in [1.807, 2.05) is 24.3 Å². The third-order valence-corrected chi connectivity index (χ3v) is 3.56. The number of carbonyl (C=O) groups is 1. The van der Waals surface area contributed by atoms with Gasteiger partial charge in [-0.05, 0) is 31.4 Å². The van der Waals surface area contributed by atoms with E-state index in [0.717, 1.165) is 30.2 Å². The van der Waals surface area contributed by atoms with Crippen LogP contribution >= 0.6 is 0 Å². The molecule has 20 heavy (non-hydrogen) atoms. The monoisotopic (exact) mass is 268 g/mol. The van der Waals surface area contributed by atoms with Gasteiger partial charge in [-0.25, -0.2) is 9.78 Å². The predicted molar refractivity (Wildman–Crippen MR) is 79.1 cm³/mol. The van der Waals surface area contributed by atoms with Crippen molar-refractivity contribution in [1.29, 1.82) is 0 Å². The van der Waals surface area contributed by atoms with Crippen LogP contribution in [-0.2, 0) is 0 Å². The van der Waals surface area contributed by atoms with E-state index in [1.165, 1.54) is 0 Å². The lowest BCUT2D eigenvalue weighted by atomic mass is 10.0. The SMILES string of the molecule is O=C(O)c1cc2ccccc2nc1NC1CC=CCC1. The number of rotatable bonds is 3. The number of nitrogens with zero attached hydrogens (tertiary/aromatic N) is 1. The van der Waals surface area contributed by atoms with Gasteiger partial charge in [0.2, 0.25) is 0 Å². The second-order valence-electron chi connectivity index (χ2n) is 5.01. The first kappa shape index (κ1) is 12.7. The van der Waals surface area contributed by atoms with Crippen LogP contribution in [0.2, 0.25) is 0 Å². The first-order valence-corrected chi connectivity index (χ1v) is 6.78. The fraction of sp³-hybridized carbons (Fsp3) is 0.250. The van der Waals surface area contributed by atoms with Crippen LogP contribution < -0.4 is 5.32 Å². The van der Waals surface area contributed by atoms with Crippen molar-refractivity contribution in [3.8, 4) is 0 Å². The Morgan fingerprint density at radius 2 is 2.15 bits per heavy atom. The molecule has 1 aromatic carbocycles. The van der Waals surface area contributed by atoms with E-state index in [1.54, 1.807) is 6.07 Å². The molecule has 2 aromatic rings. The van der Waals surface area contributed by atoms with E-state index in [0.29, 0.717) is 5.82 Å². The molecule has 0 bridgehead atoms. The summed E-state index contributed by atoms with van der Waals surface area (Å²) in [4.78, 5) is 15.9. The summed E-state index contributed by atoms with van der Waals surface area (Å²) in [5.74, 6) is -0.478. The van der Waals surface area contributed by atoms with Gasteiger partial charge < -0.3 is 10.4 Å². The first-order valence-electron chi connectivity index (χ1n) is 6.78. The summed E-state index contributed by atoms with van der Waals surface area (Å²) in [7, 11) is 0. The van der Waals surface area contributed by atoms with Crippen molar-refractivity contribution in [2.75, 3.05) is 5.32 Å². The number of pyridine rings is 1. The molecule has 0 spiro atoms. The van der Waals surface area contributed by atoms with Gasteiger partial charge in [0.25, 0.3) is 0 Å². The zero-order valence-corrected chi connectivity index (χ0v) is 11.0. The summed E-state index contributed by atoms with van der Waals surface area (Å²) < 4.78 is 0. The van der Waals surface area contributed by atoms with E-state index in [9.17, 15) is 9.90 Å². The Bertz CT molecular complexity index is 679. The number of fused-ring (bicyclic) bond motifs is 1. The number of anilines is 1. The van der Waals surface area contributed by atoms with Crippen LogP contribution in [0.1, 0.15) is 29.6 Å². The largest absolute Gasteiger partial charge is 0.478 e. The Kier molecular flexibility index (Phi) is 3.37. The van der Waals surface area contributed by atoms with Gasteiger partial charge >= 0.3 is 5.97 Å². The number of allylic oxidation sites excluding steroid dienone is 1. The lowest BCUT2D eigenvalue weighted by Crippen LogP contribution is -2.22. The molecule has 3 rings (SSSR count). The van der Waals surface area contributed by atoms with Crippen LogP contribution in [0.4, 0.5) is 5.82 Å². The average Bonchev–Trinajstić information content (AvgIpc) is 2.47. The third kappa shape index (κ3) is 2.50. The maximum Gasteiger partial charge on any atom is 0.339 e. The number of carboxylic acid groups (broad SMARTS) is 1. The predicted octanol–water partition coefficient (Wildman–Crippen LogP) is 3.45. The van der Waals surface area contributed by atoms with Gasteiger partial charge in [0.05, 0.1) is 5.52 Å². The standard InChI is InChI=1S/C16H16N2O2/c19-16(20)13-10-11-6-4-5-9-14(11)18-15(13)17-12-7-2-1-3-8-12/h1-2,4-6,9-10,12H,3,7-8H2,(H,17,18)(H,19,20). The minimum absolute atomic E-state index is 0.234. The zero-order valence-electron chi connectivity index (χ0n) is 11.0. The van der Waals surface area contributed by atoms with E-state index in [4.69, 9.17) is 0 Å². The van der Waals surface area contributed by atoms with E-state index < -0.39 is 5.97 Å². The van der Waals surface area contributed by atoms with Crippen LogP contribution in [-0.4, -0.2) is 22.1 Å². The van der Waals surface area contributed by atoms with Crippen LogP contribution in [0, 0.1) is 0 Å². The Morgan fingerprint density at radius 1 is 1.30 bits per heavy atom. The number of para-hydroxylation sites is 1. The summed E-state index contributed by atoms with van der Waals surface area (Å²) in [6, 6.07) is 9.50. The molecule has 0 saturated heterocycles. The number of aromatic nitrogens is 1. The van der Waals surface area contributed by atoms with Crippen molar-refractivity contribution < 1.29 is 9.90 Å². The van der Waals surface area contributed by atoms with E-state index in [-0.39, 0.29) is 11.6 Å². The highest BCUT2D eigenvalue weighted by Crippen LogP contribution is 2.23. The van der Waals surface area contributed by atoms with Crippen molar-refractivity contribution >= 4 is 22.7 Å². The molecule has 0 aliphatic heterocycles.